The number of imidazole rings is 1. The number of nitrogens with zero attached hydrogens (tertiary/aromatic N) is 1. The molecule has 0 radical (unpaired) electrons. The van der Waals surface area contributed by atoms with E-state index in [2.05, 4.69) is 15.3 Å². The fourth-order valence-corrected chi connectivity index (χ4v) is 3.86. The summed E-state index contributed by atoms with van der Waals surface area (Å²) in [6, 6.07) is 11.2. The number of methoxy groups -OCH3 is 1. The summed E-state index contributed by atoms with van der Waals surface area (Å²) in [5, 5.41) is 3.69. The quantitative estimate of drug-likeness (QED) is 0.632. The third kappa shape index (κ3) is 3.78. The summed E-state index contributed by atoms with van der Waals surface area (Å²) < 4.78 is 5.55. The van der Waals surface area contributed by atoms with Crippen LogP contribution in [0.2, 0.25) is 5.02 Å². The Labute approximate surface area is 163 Å². The van der Waals surface area contributed by atoms with Crippen LogP contribution in [0.25, 0.3) is 22.4 Å². The minimum Gasteiger partial charge on any atom is -0.496 e. The van der Waals surface area contributed by atoms with Crippen LogP contribution in [0.1, 0.15) is 32.1 Å². The maximum Gasteiger partial charge on any atom is 0.227 e. The molecular weight excluding hydrogens is 362 g/mol. The molecule has 6 heteroatoms. The number of carbonyl (C=O) groups is 1. The third-order valence-electron chi connectivity index (χ3n) is 5.14. The van der Waals surface area contributed by atoms with Gasteiger partial charge in [-0.05, 0) is 43.2 Å². The second kappa shape index (κ2) is 7.61. The number of anilines is 1. The lowest BCUT2D eigenvalue weighted by atomic mass is 9.88. The van der Waals surface area contributed by atoms with Gasteiger partial charge < -0.3 is 15.0 Å². The van der Waals surface area contributed by atoms with Crippen LogP contribution in [-0.2, 0) is 4.79 Å². The third-order valence-corrected chi connectivity index (χ3v) is 5.38. The molecule has 0 unspecified atom stereocenters. The lowest BCUT2D eigenvalue weighted by Gasteiger charge is -2.21. The van der Waals surface area contributed by atoms with Gasteiger partial charge in [0.2, 0.25) is 5.91 Å². The Kier molecular flexibility index (Phi) is 5.03. The van der Waals surface area contributed by atoms with Crippen molar-refractivity contribution in [2.45, 2.75) is 32.1 Å². The van der Waals surface area contributed by atoms with Crippen LogP contribution in [0.3, 0.4) is 0 Å². The summed E-state index contributed by atoms with van der Waals surface area (Å²) in [5.74, 6) is 1.57. The summed E-state index contributed by atoms with van der Waals surface area (Å²) in [6.07, 6.45) is 5.45. The molecule has 27 heavy (non-hydrogen) atoms. The molecule has 1 aromatic heterocycles. The van der Waals surface area contributed by atoms with E-state index < -0.39 is 0 Å². The molecule has 0 saturated heterocycles. The minimum atomic E-state index is 0.0999. The first-order valence-electron chi connectivity index (χ1n) is 9.28. The zero-order valence-corrected chi connectivity index (χ0v) is 16.0. The van der Waals surface area contributed by atoms with Crippen LogP contribution in [0, 0.1) is 5.92 Å². The van der Waals surface area contributed by atoms with Crippen molar-refractivity contribution in [3.63, 3.8) is 0 Å². The van der Waals surface area contributed by atoms with E-state index in [9.17, 15) is 4.79 Å². The summed E-state index contributed by atoms with van der Waals surface area (Å²) in [6.45, 7) is 0. The number of hydrogen-bond acceptors (Lipinski definition) is 3. The van der Waals surface area contributed by atoms with Crippen LogP contribution >= 0.6 is 11.6 Å². The van der Waals surface area contributed by atoms with Gasteiger partial charge in [0.05, 0.1) is 23.7 Å². The molecule has 0 bridgehead atoms. The van der Waals surface area contributed by atoms with E-state index >= 15 is 0 Å². The average Bonchev–Trinajstić information content (AvgIpc) is 3.11. The van der Waals surface area contributed by atoms with E-state index in [0.717, 1.165) is 48.0 Å². The molecule has 1 heterocycles. The van der Waals surface area contributed by atoms with Gasteiger partial charge in [-0.3, -0.25) is 4.79 Å². The Hall–Kier alpha value is -2.53. The molecule has 0 atom stereocenters. The van der Waals surface area contributed by atoms with Gasteiger partial charge in [0.15, 0.2) is 0 Å². The molecule has 2 N–H and O–H groups in total. The molecule has 2 aromatic carbocycles. The average molecular weight is 384 g/mol. The van der Waals surface area contributed by atoms with Gasteiger partial charge in [0.1, 0.15) is 11.6 Å². The van der Waals surface area contributed by atoms with Crippen molar-refractivity contribution in [1.82, 2.24) is 9.97 Å². The number of fused-ring (bicyclic) bond motifs is 1. The van der Waals surface area contributed by atoms with E-state index in [-0.39, 0.29) is 11.8 Å². The van der Waals surface area contributed by atoms with E-state index in [0.29, 0.717) is 16.6 Å². The summed E-state index contributed by atoms with van der Waals surface area (Å²) in [5.41, 5.74) is 3.28. The highest BCUT2D eigenvalue weighted by atomic mass is 35.5. The summed E-state index contributed by atoms with van der Waals surface area (Å²) >= 11 is 6.05. The SMILES string of the molecule is COc1cc(NC(=O)C2CCCCC2)ccc1-c1nc2ccc(Cl)cc2[nH]1. The van der Waals surface area contributed by atoms with Gasteiger partial charge in [-0.1, -0.05) is 30.9 Å². The van der Waals surface area contributed by atoms with Crippen molar-refractivity contribution in [2.75, 3.05) is 12.4 Å². The lowest BCUT2D eigenvalue weighted by molar-refractivity contribution is -0.120. The smallest absolute Gasteiger partial charge is 0.227 e. The van der Waals surface area contributed by atoms with Crippen LogP contribution < -0.4 is 10.1 Å². The molecule has 1 saturated carbocycles. The maximum absolute atomic E-state index is 12.5. The highest BCUT2D eigenvalue weighted by Crippen LogP contribution is 2.33. The predicted molar refractivity (Wildman–Crippen MR) is 108 cm³/mol. The molecule has 5 nitrogen and oxygen atoms in total. The summed E-state index contributed by atoms with van der Waals surface area (Å²) in [7, 11) is 1.62. The molecule has 1 aliphatic carbocycles. The first kappa shape index (κ1) is 17.9. The van der Waals surface area contributed by atoms with Gasteiger partial charge in [-0.25, -0.2) is 4.98 Å². The Bertz CT molecular complexity index is 977. The van der Waals surface area contributed by atoms with Crippen molar-refractivity contribution in [1.29, 1.82) is 0 Å². The van der Waals surface area contributed by atoms with E-state index in [1.54, 1.807) is 7.11 Å². The Balaban J connectivity index is 1.59. The zero-order valence-electron chi connectivity index (χ0n) is 15.2. The van der Waals surface area contributed by atoms with Gasteiger partial charge >= 0.3 is 0 Å². The molecule has 1 amide bonds. The van der Waals surface area contributed by atoms with Crippen molar-refractivity contribution in [3.05, 3.63) is 41.4 Å². The van der Waals surface area contributed by atoms with Crippen LogP contribution in [-0.4, -0.2) is 23.0 Å². The lowest BCUT2D eigenvalue weighted by Crippen LogP contribution is -2.24. The molecule has 3 aromatic rings. The van der Waals surface area contributed by atoms with Crippen LogP contribution in [0.15, 0.2) is 36.4 Å². The second-order valence-corrected chi connectivity index (χ2v) is 7.42. The topological polar surface area (TPSA) is 67.0 Å². The van der Waals surface area contributed by atoms with E-state index in [1.165, 1.54) is 6.42 Å². The number of hydrogen-bond donors (Lipinski definition) is 2. The number of amides is 1. The number of halogens is 1. The van der Waals surface area contributed by atoms with Crippen molar-refractivity contribution in [2.24, 2.45) is 5.92 Å². The van der Waals surface area contributed by atoms with Gasteiger partial charge in [-0.15, -0.1) is 0 Å². The fourth-order valence-electron chi connectivity index (χ4n) is 3.68. The maximum atomic E-state index is 12.5. The number of rotatable bonds is 4. The highest BCUT2D eigenvalue weighted by molar-refractivity contribution is 6.31. The number of H-pyrrole nitrogens is 1. The largest absolute Gasteiger partial charge is 0.496 e. The van der Waals surface area contributed by atoms with Gasteiger partial charge in [0, 0.05) is 22.7 Å². The first-order chi connectivity index (χ1) is 13.1. The highest BCUT2D eigenvalue weighted by Gasteiger charge is 2.21. The molecule has 140 valence electrons. The second-order valence-electron chi connectivity index (χ2n) is 6.99. The van der Waals surface area contributed by atoms with E-state index in [4.69, 9.17) is 16.3 Å². The molecule has 0 spiro atoms. The van der Waals surface area contributed by atoms with Crippen molar-refractivity contribution < 1.29 is 9.53 Å². The molecule has 1 fully saturated rings. The monoisotopic (exact) mass is 383 g/mol. The molecule has 1 aliphatic rings. The van der Waals surface area contributed by atoms with Gasteiger partial charge in [0.25, 0.3) is 0 Å². The number of carbonyl (C=O) groups excluding carboxylic acids is 1. The number of benzene rings is 2. The zero-order chi connectivity index (χ0) is 18.8. The normalized spacial score (nSPS) is 15.0. The number of nitrogens with one attached hydrogen (secondary N) is 2. The number of aromatic nitrogens is 2. The standard InChI is InChI=1S/C21H22ClN3O2/c1-27-19-12-15(23-21(26)13-5-3-2-4-6-13)8-9-16(19)20-24-17-10-7-14(22)11-18(17)25-20/h7-13H,2-6H2,1H3,(H,23,26)(H,24,25). The molecule has 4 rings (SSSR count). The number of ether oxygens (including phenoxy) is 1. The summed E-state index contributed by atoms with van der Waals surface area (Å²) in [4.78, 5) is 20.4. The Morgan fingerprint density at radius 1 is 1.19 bits per heavy atom. The Morgan fingerprint density at radius 3 is 2.78 bits per heavy atom. The Morgan fingerprint density at radius 2 is 2.00 bits per heavy atom. The van der Waals surface area contributed by atoms with Crippen molar-refractivity contribution >= 4 is 34.2 Å². The van der Waals surface area contributed by atoms with Crippen LogP contribution in [0.4, 0.5) is 5.69 Å². The number of aromatic amines is 1. The molecule has 0 aliphatic heterocycles. The molecular formula is C21H22ClN3O2. The minimum absolute atomic E-state index is 0.0999. The first-order valence-corrected chi connectivity index (χ1v) is 9.66. The van der Waals surface area contributed by atoms with Crippen molar-refractivity contribution in [3.8, 4) is 17.1 Å². The van der Waals surface area contributed by atoms with E-state index in [1.807, 2.05) is 36.4 Å². The van der Waals surface area contributed by atoms with Crippen LogP contribution in [0.5, 0.6) is 5.75 Å². The van der Waals surface area contributed by atoms with Gasteiger partial charge in [-0.2, -0.15) is 0 Å². The predicted octanol–water partition coefficient (Wildman–Crippen LogP) is 5.41. The fraction of sp³-hybridized carbons (Fsp3) is 0.333.